The summed E-state index contributed by atoms with van der Waals surface area (Å²) in [5.41, 5.74) is 2.04. The summed E-state index contributed by atoms with van der Waals surface area (Å²) in [5.74, 6) is 0. The normalized spacial score (nSPS) is 26.3. The molecular weight excluding hydrogens is 256 g/mol. The Labute approximate surface area is 121 Å². The molecule has 0 N–H and O–H groups in total. The number of hydrogen-bond donors (Lipinski definition) is 1. The van der Waals surface area contributed by atoms with E-state index in [9.17, 15) is 0 Å². The molecule has 0 unspecified atom stereocenters. The molecule has 1 aliphatic rings. The molecule has 0 aromatic carbocycles. The topological polar surface area (TPSA) is 9.23 Å². The van der Waals surface area contributed by atoms with Crippen molar-refractivity contribution in [2.24, 2.45) is 0 Å². The summed E-state index contributed by atoms with van der Waals surface area (Å²) >= 11 is 4.77. The predicted molar refractivity (Wildman–Crippen MR) is 87.2 cm³/mol. The van der Waals surface area contributed by atoms with Crippen LogP contribution in [0.5, 0.6) is 0 Å². The van der Waals surface area contributed by atoms with E-state index in [1.807, 2.05) is 0 Å². The second-order valence-corrected chi connectivity index (χ2v) is 12.9. The van der Waals surface area contributed by atoms with Gasteiger partial charge in [0.2, 0.25) is 8.32 Å². The van der Waals surface area contributed by atoms with Crippen molar-refractivity contribution in [3.8, 4) is 0 Å². The zero-order chi connectivity index (χ0) is 13.9. The average Bonchev–Trinajstić information content (AvgIpc) is 2.26. The van der Waals surface area contributed by atoms with Crippen LogP contribution >= 0.6 is 12.6 Å². The Morgan fingerprint density at radius 1 is 0.889 bits per heavy atom. The zero-order valence-electron chi connectivity index (χ0n) is 13.1. The van der Waals surface area contributed by atoms with E-state index >= 15 is 0 Å². The van der Waals surface area contributed by atoms with Crippen LogP contribution in [0.4, 0.5) is 0 Å². The van der Waals surface area contributed by atoms with Crippen molar-refractivity contribution in [2.75, 3.05) is 0 Å². The van der Waals surface area contributed by atoms with Gasteiger partial charge in [-0.25, -0.2) is 0 Å². The third-order valence-corrected chi connectivity index (χ3v) is 11.4. The first-order chi connectivity index (χ1) is 8.32. The van der Waals surface area contributed by atoms with Crippen LogP contribution in [0.1, 0.15) is 67.2 Å². The molecule has 0 saturated heterocycles. The highest BCUT2D eigenvalue weighted by Crippen LogP contribution is 2.44. The van der Waals surface area contributed by atoms with Crippen molar-refractivity contribution >= 4 is 20.9 Å². The zero-order valence-corrected chi connectivity index (χ0v) is 15.0. The molecule has 1 aliphatic carbocycles. The lowest BCUT2D eigenvalue weighted by Gasteiger charge is -2.46. The van der Waals surface area contributed by atoms with E-state index in [1.165, 1.54) is 25.7 Å². The highest BCUT2D eigenvalue weighted by Gasteiger charge is 2.47. The van der Waals surface area contributed by atoms with Gasteiger partial charge in [-0.1, -0.05) is 54.4 Å². The molecule has 2 atom stereocenters. The smallest absolute Gasteiger partial charge is 0.200 e. The van der Waals surface area contributed by atoms with E-state index in [2.05, 4.69) is 41.5 Å². The molecule has 0 aliphatic heterocycles. The number of hydrogen-bond acceptors (Lipinski definition) is 2. The van der Waals surface area contributed by atoms with Gasteiger partial charge in [-0.15, -0.1) is 0 Å². The molecule has 0 radical (unpaired) electrons. The quantitative estimate of drug-likeness (QED) is 0.525. The van der Waals surface area contributed by atoms with Crippen LogP contribution in [0, 0.1) is 0 Å². The summed E-state index contributed by atoms with van der Waals surface area (Å²) in [5, 5.41) is 0.460. The molecule has 108 valence electrons. The number of thiol groups is 1. The predicted octanol–water partition coefficient (Wildman–Crippen LogP) is 5.42. The molecule has 1 nitrogen and oxygen atoms in total. The molecule has 1 rings (SSSR count). The molecule has 1 saturated carbocycles. The van der Waals surface area contributed by atoms with Gasteiger partial charge in [0.05, 0.1) is 6.10 Å². The maximum atomic E-state index is 6.84. The van der Waals surface area contributed by atoms with Crippen molar-refractivity contribution < 1.29 is 4.43 Å². The largest absolute Gasteiger partial charge is 0.412 e. The lowest BCUT2D eigenvalue weighted by atomic mass is 9.97. The minimum absolute atomic E-state index is 0.404. The molecule has 1 fully saturated rings. The second kappa shape index (κ2) is 6.80. The van der Waals surface area contributed by atoms with Crippen molar-refractivity contribution in [2.45, 2.75) is 95.2 Å². The molecule has 0 bridgehead atoms. The van der Waals surface area contributed by atoms with E-state index in [4.69, 9.17) is 17.1 Å². The minimum Gasteiger partial charge on any atom is -0.412 e. The standard InChI is InChI=1S/C15H32OSSi/c1-11(2)18(12(3)4,13(5)6)16-14-9-7-8-10-15(14)17/h11-15,17H,7-10H2,1-6H3/t14-,15-/m0/s1. The van der Waals surface area contributed by atoms with Crippen LogP contribution in [-0.2, 0) is 4.43 Å². The average molecular weight is 289 g/mol. The van der Waals surface area contributed by atoms with Crippen molar-refractivity contribution in [3.63, 3.8) is 0 Å². The Balaban J connectivity index is 2.89. The Hall–Kier alpha value is 0.527. The first-order valence-corrected chi connectivity index (χ1v) is 10.3. The summed E-state index contributed by atoms with van der Waals surface area (Å²) in [6.45, 7) is 14.2. The van der Waals surface area contributed by atoms with Crippen molar-refractivity contribution in [1.29, 1.82) is 0 Å². The van der Waals surface area contributed by atoms with Crippen molar-refractivity contribution in [1.82, 2.24) is 0 Å². The summed E-state index contributed by atoms with van der Waals surface area (Å²) in [4.78, 5) is 0. The Morgan fingerprint density at radius 3 is 1.72 bits per heavy atom. The maximum Gasteiger partial charge on any atom is 0.200 e. The van der Waals surface area contributed by atoms with E-state index in [1.54, 1.807) is 0 Å². The molecule has 3 heteroatoms. The highest BCUT2D eigenvalue weighted by atomic mass is 32.1. The Kier molecular flexibility index (Phi) is 6.27. The molecule has 0 aromatic rings. The molecular formula is C15H32OSSi. The van der Waals surface area contributed by atoms with E-state index in [-0.39, 0.29) is 0 Å². The first kappa shape index (κ1) is 16.6. The van der Waals surface area contributed by atoms with Crippen LogP contribution < -0.4 is 0 Å². The van der Waals surface area contributed by atoms with Crippen molar-refractivity contribution in [3.05, 3.63) is 0 Å². The van der Waals surface area contributed by atoms with Gasteiger partial charge in [-0.05, 0) is 29.5 Å². The highest BCUT2D eigenvalue weighted by molar-refractivity contribution is 7.81. The lowest BCUT2D eigenvalue weighted by Crippen LogP contribution is -2.52. The van der Waals surface area contributed by atoms with Gasteiger partial charge in [-0.2, -0.15) is 12.6 Å². The monoisotopic (exact) mass is 288 g/mol. The van der Waals surface area contributed by atoms with E-state index in [0.29, 0.717) is 28.0 Å². The van der Waals surface area contributed by atoms with E-state index in [0.717, 1.165) is 0 Å². The third kappa shape index (κ3) is 3.34. The Bertz CT molecular complexity index is 231. The molecule has 0 heterocycles. The SMILES string of the molecule is CC(C)[Si](O[C@H]1CCCC[C@@H]1S)(C(C)C)C(C)C. The molecule has 0 spiro atoms. The minimum atomic E-state index is -1.71. The fraction of sp³-hybridized carbons (Fsp3) is 1.00. The summed E-state index contributed by atoms with van der Waals surface area (Å²) in [6, 6.07) is 0. The van der Waals surface area contributed by atoms with Gasteiger partial charge in [-0.3, -0.25) is 0 Å². The molecule has 0 aromatic heterocycles. The molecule has 18 heavy (non-hydrogen) atoms. The van der Waals surface area contributed by atoms with Gasteiger partial charge in [0.25, 0.3) is 0 Å². The first-order valence-electron chi connectivity index (χ1n) is 7.68. The van der Waals surface area contributed by atoms with Gasteiger partial charge in [0.1, 0.15) is 0 Å². The van der Waals surface area contributed by atoms with Gasteiger partial charge < -0.3 is 4.43 Å². The van der Waals surface area contributed by atoms with Gasteiger partial charge in [0, 0.05) is 5.25 Å². The fourth-order valence-corrected chi connectivity index (χ4v) is 10.0. The third-order valence-electron chi connectivity index (χ3n) is 4.73. The number of rotatable bonds is 5. The van der Waals surface area contributed by atoms with Crippen LogP contribution in [0.15, 0.2) is 0 Å². The maximum absolute atomic E-state index is 6.84. The van der Waals surface area contributed by atoms with Gasteiger partial charge >= 0.3 is 0 Å². The summed E-state index contributed by atoms with van der Waals surface area (Å²) in [6.07, 6.45) is 5.50. The summed E-state index contributed by atoms with van der Waals surface area (Å²) in [7, 11) is -1.71. The lowest BCUT2D eigenvalue weighted by molar-refractivity contribution is 0.139. The van der Waals surface area contributed by atoms with Crippen LogP contribution in [-0.4, -0.2) is 19.7 Å². The second-order valence-electron chi connectivity index (χ2n) is 6.83. The Morgan fingerprint density at radius 2 is 1.33 bits per heavy atom. The van der Waals surface area contributed by atoms with E-state index < -0.39 is 8.32 Å². The van der Waals surface area contributed by atoms with Crippen LogP contribution in [0.2, 0.25) is 16.6 Å². The fourth-order valence-electron chi connectivity index (χ4n) is 3.89. The molecule has 0 amide bonds. The van der Waals surface area contributed by atoms with Crippen LogP contribution in [0.3, 0.4) is 0 Å². The van der Waals surface area contributed by atoms with Crippen LogP contribution in [0.25, 0.3) is 0 Å². The summed E-state index contributed by atoms with van der Waals surface area (Å²) < 4.78 is 6.84. The van der Waals surface area contributed by atoms with Gasteiger partial charge in [0.15, 0.2) is 0 Å².